The van der Waals surface area contributed by atoms with E-state index in [-0.39, 0.29) is 17.8 Å². The first-order chi connectivity index (χ1) is 17.0. The van der Waals surface area contributed by atoms with Crippen LogP contribution in [0.15, 0.2) is 42.5 Å². The molecule has 4 amide bonds. The van der Waals surface area contributed by atoms with Crippen molar-refractivity contribution < 1.29 is 23.9 Å². The predicted molar refractivity (Wildman–Crippen MR) is 131 cm³/mol. The Kier molecular flexibility index (Phi) is 7.74. The lowest BCUT2D eigenvalue weighted by Gasteiger charge is -2.35. The molecule has 0 unspecified atom stereocenters. The first-order valence-corrected chi connectivity index (χ1v) is 11.9. The Labute approximate surface area is 205 Å². The van der Waals surface area contributed by atoms with Crippen molar-refractivity contribution in [2.45, 2.75) is 19.4 Å². The van der Waals surface area contributed by atoms with Crippen molar-refractivity contribution >= 4 is 17.8 Å². The van der Waals surface area contributed by atoms with Crippen molar-refractivity contribution in [3.8, 4) is 11.5 Å². The number of hydrogen-bond donors (Lipinski definition) is 1. The molecule has 35 heavy (non-hydrogen) atoms. The number of urea groups is 1. The normalized spacial score (nSPS) is 15.7. The molecule has 2 aromatic rings. The summed E-state index contributed by atoms with van der Waals surface area (Å²) >= 11 is 0. The van der Waals surface area contributed by atoms with E-state index in [4.69, 9.17) is 9.47 Å². The molecule has 2 heterocycles. The number of methoxy groups -OCH3 is 2. The maximum absolute atomic E-state index is 13.0. The van der Waals surface area contributed by atoms with E-state index in [9.17, 15) is 14.4 Å². The zero-order chi connectivity index (χ0) is 24.8. The second-order valence-electron chi connectivity index (χ2n) is 8.70. The second kappa shape index (κ2) is 11.1. The van der Waals surface area contributed by atoms with E-state index in [0.29, 0.717) is 55.3 Å². The van der Waals surface area contributed by atoms with Crippen LogP contribution in [0.3, 0.4) is 0 Å². The van der Waals surface area contributed by atoms with Crippen LogP contribution in [0.25, 0.3) is 0 Å². The Morgan fingerprint density at radius 3 is 2.17 bits per heavy atom. The first-order valence-electron chi connectivity index (χ1n) is 11.9. The third-order valence-corrected chi connectivity index (χ3v) is 6.50. The Morgan fingerprint density at radius 2 is 1.49 bits per heavy atom. The van der Waals surface area contributed by atoms with Crippen LogP contribution in [0, 0.1) is 0 Å². The number of nitrogens with zero attached hydrogens (tertiary/aromatic N) is 3. The highest BCUT2D eigenvalue weighted by atomic mass is 16.5. The zero-order valence-corrected chi connectivity index (χ0v) is 20.3. The van der Waals surface area contributed by atoms with Crippen LogP contribution in [0.4, 0.5) is 4.79 Å². The molecule has 0 saturated carbocycles. The highest BCUT2D eigenvalue weighted by Crippen LogP contribution is 2.26. The summed E-state index contributed by atoms with van der Waals surface area (Å²) in [4.78, 5) is 43.7. The van der Waals surface area contributed by atoms with Crippen molar-refractivity contribution in [1.29, 1.82) is 0 Å². The Balaban J connectivity index is 1.29. The average molecular weight is 481 g/mol. The summed E-state index contributed by atoms with van der Waals surface area (Å²) in [5, 5.41) is 2.94. The van der Waals surface area contributed by atoms with Crippen molar-refractivity contribution in [2.75, 3.05) is 53.5 Å². The summed E-state index contributed by atoms with van der Waals surface area (Å²) in [6.45, 7) is 3.68. The summed E-state index contributed by atoms with van der Waals surface area (Å²) in [5.41, 5.74) is 2.00. The standard InChI is InChI=1S/C26H32N4O5/c1-34-21-8-9-22(23(17-21)35-2)25(32)29-12-14-30(15-13-29)26(33)27-18-19-6-5-7-20(16-19)24(31)28-10-3-4-11-28/h5-9,16-17H,3-4,10-15,18H2,1-2H3,(H,27,33). The molecule has 2 aromatic carbocycles. The van der Waals surface area contributed by atoms with Gasteiger partial charge in [0.2, 0.25) is 0 Å². The third-order valence-electron chi connectivity index (χ3n) is 6.50. The van der Waals surface area contributed by atoms with Gasteiger partial charge in [0, 0.05) is 57.4 Å². The van der Waals surface area contributed by atoms with Crippen LogP contribution in [-0.2, 0) is 6.54 Å². The third kappa shape index (κ3) is 5.67. The van der Waals surface area contributed by atoms with E-state index in [1.165, 1.54) is 7.11 Å². The Hall–Kier alpha value is -3.75. The van der Waals surface area contributed by atoms with Crippen molar-refractivity contribution in [3.63, 3.8) is 0 Å². The summed E-state index contributed by atoms with van der Waals surface area (Å²) in [7, 11) is 3.08. The molecule has 2 aliphatic heterocycles. The molecule has 0 spiro atoms. The van der Waals surface area contributed by atoms with E-state index in [1.54, 1.807) is 35.1 Å². The minimum Gasteiger partial charge on any atom is -0.497 e. The van der Waals surface area contributed by atoms with E-state index in [1.807, 2.05) is 29.2 Å². The van der Waals surface area contributed by atoms with Crippen LogP contribution < -0.4 is 14.8 Å². The summed E-state index contributed by atoms with van der Waals surface area (Å²) in [6.07, 6.45) is 2.10. The maximum atomic E-state index is 13.0. The Morgan fingerprint density at radius 1 is 0.800 bits per heavy atom. The molecular weight excluding hydrogens is 448 g/mol. The van der Waals surface area contributed by atoms with E-state index < -0.39 is 0 Å². The molecule has 0 atom stereocenters. The van der Waals surface area contributed by atoms with Crippen LogP contribution in [0.1, 0.15) is 39.1 Å². The zero-order valence-electron chi connectivity index (χ0n) is 20.3. The van der Waals surface area contributed by atoms with Crippen molar-refractivity contribution in [2.24, 2.45) is 0 Å². The minimum absolute atomic E-state index is 0.0463. The van der Waals surface area contributed by atoms with Gasteiger partial charge in [-0.3, -0.25) is 9.59 Å². The number of rotatable bonds is 6. The molecule has 9 nitrogen and oxygen atoms in total. The molecule has 4 rings (SSSR count). The predicted octanol–water partition coefficient (Wildman–Crippen LogP) is 2.61. The molecule has 1 N–H and O–H groups in total. The number of amides is 4. The molecule has 2 saturated heterocycles. The van der Waals surface area contributed by atoms with E-state index in [0.717, 1.165) is 31.5 Å². The lowest BCUT2D eigenvalue weighted by atomic mass is 10.1. The van der Waals surface area contributed by atoms with E-state index >= 15 is 0 Å². The fourth-order valence-electron chi connectivity index (χ4n) is 4.46. The monoisotopic (exact) mass is 480 g/mol. The van der Waals surface area contributed by atoms with Gasteiger partial charge in [-0.25, -0.2) is 4.79 Å². The molecule has 9 heteroatoms. The van der Waals surface area contributed by atoms with Gasteiger partial charge in [-0.05, 0) is 42.7 Å². The lowest BCUT2D eigenvalue weighted by molar-refractivity contribution is 0.0661. The van der Waals surface area contributed by atoms with Gasteiger partial charge in [-0.1, -0.05) is 12.1 Å². The fraction of sp³-hybridized carbons (Fsp3) is 0.423. The largest absolute Gasteiger partial charge is 0.497 e. The maximum Gasteiger partial charge on any atom is 0.317 e. The summed E-state index contributed by atoms with van der Waals surface area (Å²) < 4.78 is 10.6. The fourth-order valence-corrected chi connectivity index (χ4v) is 4.46. The second-order valence-corrected chi connectivity index (χ2v) is 8.70. The van der Waals surface area contributed by atoms with Crippen LogP contribution in [0.5, 0.6) is 11.5 Å². The van der Waals surface area contributed by atoms with Crippen molar-refractivity contribution in [3.05, 3.63) is 59.2 Å². The highest BCUT2D eigenvalue weighted by molar-refractivity contribution is 5.97. The van der Waals surface area contributed by atoms with Gasteiger partial charge in [0.25, 0.3) is 11.8 Å². The van der Waals surface area contributed by atoms with Gasteiger partial charge in [0.15, 0.2) is 0 Å². The number of benzene rings is 2. The number of carbonyl (C=O) groups excluding carboxylic acids is 3. The SMILES string of the molecule is COc1ccc(C(=O)N2CCN(C(=O)NCc3cccc(C(=O)N4CCCC4)c3)CC2)c(OC)c1. The van der Waals surface area contributed by atoms with E-state index in [2.05, 4.69) is 5.32 Å². The van der Waals surface area contributed by atoms with Crippen LogP contribution >= 0.6 is 0 Å². The Bertz CT molecular complexity index is 1080. The number of hydrogen-bond acceptors (Lipinski definition) is 5. The van der Waals surface area contributed by atoms with Crippen LogP contribution in [-0.4, -0.2) is 86.0 Å². The first kappa shape index (κ1) is 24.4. The molecule has 2 fully saturated rings. The number of nitrogens with one attached hydrogen (secondary N) is 1. The topological polar surface area (TPSA) is 91.4 Å². The average Bonchev–Trinajstić information content (AvgIpc) is 3.46. The number of likely N-dealkylation sites (tertiary alicyclic amines) is 1. The van der Waals surface area contributed by atoms with Gasteiger partial charge < -0.3 is 29.5 Å². The molecule has 0 radical (unpaired) electrons. The van der Waals surface area contributed by atoms with Gasteiger partial charge in [0.1, 0.15) is 11.5 Å². The molecular formula is C26H32N4O5. The molecule has 2 aliphatic rings. The van der Waals surface area contributed by atoms with Gasteiger partial charge in [-0.2, -0.15) is 0 Å². The molecule has 0 aliphatic carbocycles. The van der Waals surface area contributed by atoms with Crippen LogP contribution in [0.2, 0.25) is 0 Å². The molecule has 0 bridgehead atoms. The number of piperazine rings is 1. The minimum atomic E-state index is -0.185. The number of carbonyl (C=O) groups is 3. The quantitative estimate of drug-likeness (QED) is 0.686. The summed E-state index contributed by atoms with van der Waals surface area (Å²) in [5.74, 6) is 0.986. The number of ether oxygens (including phenoxy) is 2. The summed E-state index contributed by atoms with van der Waals surface area (Å²) in [6, 6.07) is 12.3. The smallest absolute Gasteiger partial charge is 0.317 e. The van der Waals surface area contributed by atoms with Crippen molar-refractivity contribution in [1.82, 2.24) is 20.0 Å². The highest BCUT2D eigenvalue weighted by Gasteiger charge is 2.27. The molecule has 0 aromatic heterocycles. The lowest BCUT2D eigenvalue weighted by Crippen LogP contribution is -2.53. The van der Waals surface area contributed by atoms with Gasteiger partial charge in [0.05, 0.1) is 19.8 Å². The van der Waals surface area contributed by atoms with Gasteiger partial charge >= 0.3 is 6.03 Å². The molecule has 186 valence electrons. The van der Waals surface area contributed by atoms with Gasteiger partial charge in [-0.15, -0.1) is 0 Å².